The average Bonchev–Trinajstić information content (AvgIpc) is 2.89. The Hall–Kier alpha value is -1.11. The number of fused-ring (bicyclic) bond motifs is 1. The van der Waals surface area contributed by atoms with Gasteiger partial charge in [-0.3, -0.25) is 4.79 Å². The molecule has 2 fully saturated rings. The van der Waals surface area contributed by atoms with Crippen molar-refractivity contribution in [2.24, 2.45) is 11.7 Å². The summed E-state index contributed by atoms with van der Waals surface area (Å²) in [7, 11) is 1.57. The van der Waals surface area contributed by atoms with E-state index < -0.39 is 0 Å². The molecule has 1 heterocycles. The fraction of sp³-hybridized carbons (Fsp3) is 0.500. The summed E-state index contributed by atoms with van der Waals surface area (Å²) in [6.45, 7) is 0.734. The third-order valence-electron chi connectivity index (χ3n) is 4.16. The molecule has 4 atom stereocenters. The standard InChI is InChI=1S/C14H17BrN2O3/c1-19-7-2-3-10(15)9(6-7)14(18)17-12-11(16)8-4-5-20-13(8)12/h2-3,6,8,11-13H,4-5,16H2,1H3,(H,17,18). The average molecular weight is 341 g/mol. The lowest BCUT2D eigenvalue weighted by molar-refractivity contribution is -0.0161. The van der Waals surface area contributed by atoms with E-state index >= 15 is 0 Å². The highest BCUT2D eigenvalue weighted by molar-refractivity contribution is 9.10. The summed E-state index contributed by atoms with van der Waals surface area (Å²) >= 11 is 3.38. The van der Waals surface area contributed by atoms with Crippen LogP contribution in [-0.4, -0.2) is 37.8 Å². The van der Waals surface area contributed by atoms with Crippen LogP contribution in [0.15, 0.2) is 22.7 Å². The molecule has 0 spiro atoms. The summed E-state index contributed by atoms with van der Waals surface area (Å²) in [5.74, 6) is 0.866. The molecule has 1 aliphatic heterocycles. The molecule has 2 aliphatic rings. The SMILES string of the molecule is COc1ccc(Br)c(C(=O)NC2C(N)C3CCOC32)c1. The van der Waals surface area contributed by atoms with Crippen molar-refractivity contribution in [3.8, 4) is 5.75 Å². The number of carbonyl (C=O) groups excluding carboxylic acids is 1. The first-order valence-electron chi connectivity index (χ1n) is 6.63. The molecular formula is C14H17BrN2O3. The summed E-state index contributed by atoms with van der Waals surface area (Å²) in [5, 5.41) is 2.97. The fourth-order valence-electron chi connectivity index (χ4n) is 2.96. The Labute approximate surface area is 125 Å². The minimum absolute atomic E-state index is 0.0177. The van der Waals surface area contributed by atoms with Crippen molar-refractivity contribution in [3.63, 3.8) is 0 Å². The van der Waals surface area contributed by atoms with E-state index in [0.717, 1.165) is 17.5 Å². The molecule has 1 aromatic rings. The predicted octanol–water partition coefficient (Wildman–Crippen LogP) is 1.30. The summed E-state index contributed by atoms with van der Waals surface area (Å²) in [6.07, 6.45) is 1.06. The van der Waals surface area contributed by atoms with Crippen LogP contribution in [0.2, 0.25) is 0 Å². The predicted molar refractivity (Wildman–Crippen MR) is 77.8 cm³/mol. The number of ether oxygens (including phenoxy) is 2. The molecule has 1 aliphatic carbocycles. The topological polar surface area (TPSA) is 73.6 Å². The number of methoxy groups -OCH3 is 1. The quantitative estimate of drug-likeness (QED) is 0.869. The molecule has 1 saturated heterocycles. The van der Waals surface area contributed by atoms with Crippen molar-refractivity contribution >= 4 is 21.8 Å². The maximum atomic E-state index is 12.4. The molecule has 6 heteroatoms. The van der Waals surface area contributed by atoms with Crippen molar-refractivity contribution in [1.82, 2.24) is 5.32 Å². The number of hydrogen-bond donors (Lipinski definition) is 2. The number of carbonyl (C=O) groups is 1. The molecule has 1 saturated carbocycles. The molecule has 20 heavy (non-hydrogen) atoms. The lowest BCUT2D eigenvalue weighted by atomic mass is 9.72. The Morgan fingerprint density at radius 1 is 1.55 bits per heavy atom. The van der Waals surface area contributed by atoms with Crippen LogP contribution in [0.5, 0.6) is 5.75 Å². The number of amides is 1. The Morgan fingerprint density at radius 3 is 3.10 bits per heavy atom. The van der Waals surface area contributed by atoms with Crippen LogP contribution in [0.3, 0.4) is 0 Å². The highest BCUT2D eigenvalue weighted by Crippen LogP contribution is 2.38. The van der Waals surface area contributed by atoms with Crippen molar-refractivity contribution in [2.45, 2.75) is 24.6 Å². The van der Waals surface area contributed by atoms with Crippen LogP contribution < -0.4 is 15.8 Å². The molecular weight excluding hydrogens is 324 g/mol. The molecule has 4 unspecified atom stereocenters. The summed E-state index contributed by atoms with van der Waals surface area (Å²) in [6, 6.07) is 5.18. The maximum Gasteiger partial charge on any atom is 0.252 e. The summed E-state index contributed by atoms with van der Waals surface area (Å²) in [5.41, 5.74) is 6.64. The Balaban J connectivity index is 1.73. The third kappa shape index (κ3) is 2.21. The Kier molecular flexibility index (Phi) is 3.70. The van der Waals surface area contributed by atoms with Gasteiger partial charge in [0, 0.05) is 23.0 Å². The Bertz CT molecular complexity index is 537. The first-order valence-corrected chi connectivity index (χ1v) is 7.42. The zero-order chi connectivity index (χ0) is 14.3. The van der Waals surface area contributed by atoms with Gasteiger partial charge in [0.15, 0.2) is 0 Å². The largest absolute Gasteiger partial charge is 0.497 e. The van der Waals surface area contributed by atoms with E-state index in [2.05, 4.69) is 21.2 Å². The van der Waals surface area contributed by atoms with Gasteiger partial charge in [0.25, 0.3) is 5.91 Å². The van der Waals surface area contributed by atoms with Crippen molar-refractivity contribution in [1.29, 1.82) is 0 Å². The second-order valence-corrected chi connectivity index (χ2v) is 6.06. The number of rotatable bonds is 3. The van der Waals surface area contributed by atoms with Gasteiger partial charge in [0.2, 0.25) is 0 Å². The molecule has 3 rings (SSSR count). The lowest BCUT2D eigenvalue weighted by Gasteiger charge is -2.45. The Morgan fingerprint density at radius 2 is 2.35 bits per heavy atom. The van der Waals surface area contributed by atoms with Crippen molar-refractivity contribution in [3.05, 3.63) is 28.2 Å². The summed E-state index contributed by atoms with van der Waals surface area (Å²) < 4.78 is 11.5. The number of benzene rings is 1. The van der Waals surface area contributed by atoms with Crippen LogP contribution in [-0.2, 0) is 4.74 Å². The van der Waals surface area contributed by atoms with E-state index in [1.165, 1.54) is 0 Å². The lowest BCUT2D eigenvalue weighted by Crippen LogP contribution is -2.68. The van der Waals surface area contributed by atoms with Gasteiger partial charge in [-0.05, 0) is 40.5 Å². The van der Waals surface area contributed by atoms with Crippen LogP contribution in [0.4, 0.5) is 0 Å². The van der Waals surface area contributed by atoms with Crippen molar-refractivity contribution in [2.75, 3.05) is 13.7 Å². The first kappa shape index (κ1) is 13.9. The second kappa shape index (κ2) is 5.35. The van der Waals surface area contributed by atoms with Gasteiger partial charge in [-0.1, -0.05) is 0 Å². The molecule has 3 N–H and O–H groups in total. The minimum Gasteiger partial charge on any atom is -0.497 e. The maximum absolute atomic E-state index is 12.4. The number of nitrogens with one attached hydrogen (secondary N) is 1. The smallest absolute Gasteiger partial charge is 0.252 e. The van der Waals surface area contributed by atoms with Gasteiger partial charge < -0.3 is 20.5 Å². The van der Waals surface area contributed by atoms with Crippen molar-refractivity contribution < 1.29 is 14.3 Å². The zero-order valence-corrected chi connectivity index (χ0v) is 12.7. The monoisotopic (exact) mass is 340 g/mol. The highest BCUT2D eigenvalue weighted by atomic mass is 79.9. The molecule has 5 nitrogen and oxygen atoms in total. The minimum atomic E-state index is -0.162. The van der Waals surface area contributed by atoms with Gasteiger partial charge in [-0.25, -0.2) is 0 Å². The zero-order valence-electron chi connectivity index (χ0n) is 11.1. The van der Waals surface area contributed by atoms with Crippen LogP contribution >= 0.6 is 15.9 Å². The molecule has 1 amide bonds. The van der Waals surface area contributed by atoms with E-state index in [1.54, 1.807) is 25.3 Å². The normalized spacial score (nSPS) is 31.4. The van der Waals surface area contributed by atoms with E-state index in [4.69, 9.17) is 15.2 Å². The van der Waals surface area contributed by atoms with Crippen LogP contribution in [0, 0.1) is 5.92 Å². The van der Waals surface area contributed by atoms with E-state index in [-0.39, 0.29) is 24.1 Å². The van der Waals surface area contributed by atoms with Gasteiger partial charge in [0.1, 0.15) is 5.75 Å². The van der Waals surface area contributed by atoms with Gasteiger partial charge >= 0.3 is 0 Å². The van der Waals surface area contributed by atoms with E-state index in [0.29, 0.717) is 17.2 Å². The number of nitrogens with two attached hydrogens (primary N) is 1. The van der Waals surface area contributed by atoms with E-state index in [1.807, 2.05) is 0 Å². The fourth-order valence-corrected chi connectivity index (χ4v) is 3.39. The second-order valence-electron chi connectivity index (χ2n) is 5.21. The molecule has 0 radical (unpaired) electrons. The van der Waals surface area contributed by atoms with Crippen LogP contribution in [0.25, 0.3) is 0 Å². The number of halogens is 1. The molecule has 0 bridgehead atoms. The highest BCUT2D eigenvalue weighted by Gasteiger charge is 2.52. The number of hydrogen-bond acceptors (Lipinski definition) is 4. The van der Waals surface area contributed by atoms with E-state index in [9.17, 15) is 4.79 Å². The summed E-state index contributed by atoms with van der Waals surface area (Å²) in [4.78, 5) is 12.4. The molecule has 108 valence electrons. The van der Waals surface area contributed by atoms with Crippen LogP contribution in [0.1, 0.15) is 16.8 Å². The third-order valence-corrected chi connectivity index (χ3v) is 4.85. The van der Waals surface area contributed by atoms with Gasteiger partial charge in [-0.15, -0.1) is 0 Å². The van der Waals surface area contributed by atoms with Gasteiger partial charge in [0.05, 0.1) is 24.8 Å². The first-order chi connectivity index (χ1) is 9.61. The molecule has 0 aromatic heterocycles. The van der Waals surface area contributed by atoms with Gasteiger partial charge in [-0.2, -0.15) is 0 Å². The molecule has 1 aromatic carbocycles.